The number of anilines is 3. The van der Waals surface area contributed by atoms with Crippen molar-refractivity contribution in [2.45, 2.75) is 27.3 Å². The van der Waals surface area contributed by atoms with Crippen molar-refractivity contribution in [3.05, 3.63) is 53.6 Å². The van der Waals surface area contributed by atoms with Crippen molar-refractivity contribution in [3.8, 4) is 17.5 Å². The number of rotatable bonds is 7. The van der Waals surface area contributed by atoms with E-state index in [2.05, 4.69) is 49.6 Å². The quantitative estimate of drug-likeness (QED) is 0.330. The zero-order valence-electron chi connectivity index (χ0n) is 26.9. The number of nitrogens with zero attached hydrogens (tertiary/aromatic N) is 4. The van der Waals surface area contributed by atoms with Gasteiger partial charge in [-0.05, 0) is 56.3 Å². The number of ether oxygens (including phenoxy) is 5. The fraction of sp³-hybridized carbons (Fsp3) is 0.500. The molecule has 244 valence electrons. The molecule has 0 atom stereocenters. The summed E-state index contributed by atoms with van der Waals surface area (Å²) >= 11 is 0. The first-order valence-corrected chi connectivity index (χ1v) is 15.2. The van der Waals surface area contributed by atoms with Gasteiger partial charge < -0.3 is 44.5 Å². The van der Waals surface area contributed by atoms with Crippen LogP contribution < -0.4 is 30.2 Å². The molecule has 0 unspecified atom stereocenters. The molecule has 3 N–H and O–H groups in total. The smallest absolute Gasteiger partial charge is 0.323 e. The molecule has 0 fully saturated rings. The van der Waals surface area contributed by atoms with Crippen molar-refractivity contribution >= 4 is 23.5 Å². The van der Waals surface area contributed by atoms with Crippen molar-refractivity contribution < 1.29 is 28.5 Å². The Kier molecular flexibility index (Phi) is 12.5. The molecular formula is C32H45N7O6. The minimum atomic E-state index is -0.226. The molecule has 2 aliphatic heterocycles. The third kappa shape index (κ3) is 11.3. The number of nitrogens with one attached hydrogen (secondary N) is 3. The van der Waals surface area contributed by atoms with Gasteiger partial charge in [0.25, 0.3) is 5.91 Å². The Morgan fingerprint density at radius 1 is 0.933 bits per heavy atom. The first-order chi connectivity index (χ1) is 21.7. The number of aromatic nitrogens is 3. The highest BCUT2D eigenvalue weighted by Crippen LogP contribution is 2.27. The molecule has 0 saturated heterocycles. The molecule has 13 heteroatoms. The highest BCUT2D eigenvalue weighted by Gasteiger charge is 2.22. The van der Waals surface area contributed by atoms with E-state index in [1.165, 1.54) is 0 Å². The van der Waals surface area contributed by atoms with Crippen LogP contribution in [0.25, 0.3) is 0 Å². The van der Waals surface area contributed by atoms with E-state index in [1.807, 2.05) is 45.3 Å². The summed E-state index contributed by atoms with van der Waals surface area (Å²) < 4.78 is 28.7. The Morgan fingerprint density at radius 3 is 2.33 bits per heavy atom. The lowest BCUT2D eigenvalue weighted by Gasteiger charge is -2.28. The summed E-state index contributed by atoms with van der Waals surface area (Å²) in [7, 11) is 4.03. The molecular weight excluding hydrogens is 578 g/mol. The maximum Gasteiger partial charge on any atom is 0.323 e. The Bertz CT molecular complexity index is 1370. The highest BCUT2D eigenvalue weighted by atomic mass is 16.6. The zero-order chi connectivity index (χ0) is 32.1. The average molecular weight is 624 g/mol. The SMILES string of the molecule is CCOc1nc2nc(n1)Nc1ccc(C(=O)NCC(C)(C)CN(C)C)c(c1)OCCOCCOCCOc1ccc(cc1)CN2. The first kappa shape index (κ1) is 33.7. The van der Waals surface area contributed by atoms with Crippen molar-refractivity contribution in [3.63, 3.8) is 0 Å². The third-order valence-electron chi connectivity index (χ3n) is 6.57. The predicted molar refractivity (Wildman–Crippen MR) is 172 cm³/mol. The van der Waals surface area contributed by atoms with E-state index in [-0.39, 0.29) is 29.9 Å². The standard InChI is InChI=1S/C32H45N7O6/c1-6-43-31-37-29-33-20-23-7-10-25(11-8-23)44-17-15-41-13-14-42-16-18-45-27-19-24(35-30(36-29)38-31)9-12-26(27)28(40)34-21-32(2,3)22-39(4)5/h7-12,19H,6,13-18,20-22H2,1-5H3,(H,34,40)(H2,33,35,36,37,38). The summed E-state index contributed by atoms with van der Waals surface area (Å²) in [6.45, 7) is 10.6. The van der Waals surface area contributed by atoms with Gasteiger partial charge in [-0.1, -0.05) is 26.0 Å². The lowest BCUT2D eigenvalue weighted by Crippen LogP contribution is -2.40. The molecule has 0 radical (unpaired) electrons. The fourth-order valence-corrected chi connectivity index (χ4v) is 4.68. The summed E-state index contributed by atoms with van der Waals surface area (Å²) in [5.41, 5.74) is 1.93. The molecule has 0 aliphatic carbocycles. The normalized spacial score (nSPS) is 14.8. The highest BCUT2D eigenvalue weighted by molar-refractivity contribution is 5.97. The number of fused-ring (bicyclic) bond motifs is 12. The lowest BCUT2D eigenvalue weighted by atomic mass is 9.93. The summed E-state index contributed by atoms with van der Waals surface area (Å²) in [6.07, 6.45) is 0. The number of amides is 1. The van der Waals surface area contributed by atoms with Gasteiger partial charge in [0.15, 0.2) is 0 Å². The van der Waals surface area contributed by atoms with Crippen molar-refractivity contribution in [2.24, 2.45) is 5.41 Å². The van der Waals surface area contributed by atoms with E-state index in [0.717, 1.165) is 17.9 Å². The molecule has 2 aromatic carbocycles. The van der Waals surface area contributed by atoms with Crippen LogP contribution in [-0.2, 0) is 16.0 Å². The molecule has 1 amide bonds. The molecule has 6 bridgehead atoms. The van der Waals surface area contributed by atoms with Crippen molar-refractivity contribution in [1.82, 2.24) is 25.2 Å². The summed E-state index contributed by atoms with van der Waals surface area (Å²) in [5.74, 6) is 1.55. The fourth-order valence-electron chi connectivity index (χ4n) is 4.68. The second kappa shape index (κ2) is 16.8. The van der Waals surface area contributed by atoms with Crippen LogP contribution in [0.1, 0.15) is 36.7 Å². The van der Waals surface area contributed by atoms with Gasteiger partial charge in [0.2, 0.25) is 11.9 Å². The van der Waals surface area contributed by atoms with Crippen molar-refractivity contribution in [2.75, 3.05) is 84.1 Å². The van der Waals surface area contributed by atoms with Crippen LogP contribution in [0, 0.1) is 5.41 Å². The topological polar surface area (TPSA) is 141 Å². The van der Waals surface area contributed by atoms with E-state index in [0.29, 0.717) is 75.7 Å². The third-order valence-corrected chi connectivity index (χ3v) is 6.57. The molecule has 3 heterocycles. The number of benzene rings is 2. The van der Waals surface area contributed by atoms with Crippen LogP contribution in [0.15, 0.2) is 42.5 Å². The molecule has 45 heavy (non-hydrogen) atoms. The predicted octanol–water partition coefficient (Wildman–Crippen LogP) is 3.75. The van der Waals surface area contributed by atoms with Gasteiger partial charge in [-0.25, -0.2) is 0 Å². The minimum absolute atomic E-state index is 0.118. The number of hydrogen-bond donors (Lipinski definition) is 3. The molecule has 2 aliphatic rings. The molecule has 0 saturated carbocycles. The summed E-state index contributed by atoms with van der Waals surface area (Å²) in [6, 6.07) is 13.2. The number of carbonyl (C=O) groups is 1. The van der Waals surface area contributed by atoms with Crippen LogP contribution in [0.4, 0.5) is 17.6 Å². The van der Waals surface area contributed by atoms with Crippen LogP contribution in [-0.4, -0.2) is 99.2 Å². The Balaban J connectivity index is 1.56. The van der Waals surface area contributed by atoms with E-state index >= 15 is 0 Å². The van der Waals surface area contributed by atoms with Crippen LogP contribution in [0.5, 0.6) is 17.5 Å². The maximum atomic E-state index is 13.3. The molecule has 0 spiro atoms. The number of carbonyl (C=O) groups excluding carboxylic acids is 1. The van der Waals surface area contributed by atoms with Crippen LogP contribution in [0.2, 0.25) is 0 Å². The Labute approximate surface area is 265 Å². The number of hydrogen-bond acceptors (Lipinski definition) is 12. The molecule has 1 aromatic heterocycles. The van der Waals surface area contributed by atoms with E-state index < -0.39 is 0 Å². The van der Waals surface area contributed by atoms with Crippen LogP contribution >= 0.6 is 0 Å². The second-order valence-electron chi connectivity index (χ2n) is 11.5. The first-order valence-electron chi connectivity index (χ1n) is 15.2. The zero-order valence-corrected chi connectivity index (χ0v) is 26.9. The largest absolute Gasteiger partial charge is 0.491 e. The summed E-state index contributed by atoms with van der Waals surface area (Å²) in [4.78, 5) is 28.8. The minimum Gasteiger partial charge on any atom is -0.491 e. The van der Waals surface area contributed by atoms with Crippen molar-refractivity contribution in [1.29, 1.82) is 0 Å². The van der Waals surface area contributed by atoms with Gasteiger partial charge in [-0.15, -0.1) is 0 Å². The molecule has 13 nitrogen and oxygen atoms in total. The van der Waals surface area contributed by atoms with Gasteiger partial charge in [-0.2, -0.15) is 15.0 Å². The Morgan fingerprint density at radius 2 is 1.62 bits per heavy atom. The van der Waals surface area contributed by atoms with Gasteiger partial charge in [-0.3, -0.25) is 4.79 Å². The van der Waals surface area contributed by atoms with Gasteiger partial charge in [0, 0.05) is 31.4 Å². The maximum absolute atomic E-state index is 13.3. The average Bonchev–Trinajstić information content (AvgIpc) is 2.99. The van der Waals surface area contributed by atoms with Gasteiger partial charge in [0.1, 0.15) is 24.7 Å². The van der Waals surface area contributed by atoms with Crippen LogP contribution in [0.3, 0.4) is 0 Å². The Hall–Kier alpha value is -4.20. The van der Waals surface area contributed by atoms with E-state index in [4.69, 9.17) is 23.7 Å². The lowest BCUT2D eigenvalue weighted by molar-refractivity contribution is 0.0272. The second-order valence-corrected chi connectivity index (χ2v) is 11.5. The monoisotopic (exact) mass is 623 g/mol. The molecule has 5 rings (SSSR count). The van der Waals surface area contributed by atoms with Gasteiger partial charge in [0.05, 0.1) is 38.6 Å². The van der Waals surface area contributed by atoms with Gasteiger partial charge >= 0.3 is 6.01 Å². The van der Waals surface area contributed by atoms with E-state index in [9.17, 15) is 4.79 Å². The molecule has 3 aromatic rings. The van der Waals surface area contributed by atoms with E-state index in [1.54, 1.807) is 18.2 Å². The summed E-state index contributed by atoms with van der Waals surface area (Å²) in [5, 5.41) is 9.50.